The number of nitrogens with one attached hydrogen (secondary N) is 2. The number of ether oxygens (including phenoxy) is 1. The zero-order chi connectivity index (χ0) is 16.1. The summed E-state index contributed by atoms with van der Waals surface area (Å²) in [6.07, 6.45) is 1.70. The number of amides is 1. The van der Waals surface area contributed by atoms with Gasteiger partial charge in [0.25, 0.3) is 0 Å². The monoisotopic (exact) mass is 310 g/mol. The van der Waals surface area contributed by atoms with Crippen LogP contribution in [0.2, 0.25) is 0 Å². The highest BCUT2D eigenvalue weighted by Crippen LogP contribution is 2.11. The molecule has 3 rings (SSSR count). The van der Waals surface area contributed by atoms with Crippen molar-refractivity contribution in [1.82, 2.24) is 20.3 Å². The van der Waals surface area contributed by atoms with Gasteiger partial charge in [0, 0.05) is 6.20 Å². The quantitative estimate of drug-likeness (QED) is 0.732. The van der Waals surface area contributed by atoms with Crippen molar-refractivity contribution < 1.29 is 9.53 Å². The number of pyridine rings is 1. The Morgan fingerprint density at radius 1 is 1.26 bits per heavy atom. The summed E-state index contributed by atoms with van der Waals surface area (Å²) in [6, 6.07) is 13.2. The van der Waals surface area contributed by atoms with Crippen molar-refractivity contribution >= 4 is 16.9 Å². The molecule has 1 aromatic carbocycles. The van der Waals surface area contributed by atoms with Crippen molar-refractivity contribution in [3.63, 3.8) is 0 Å². The Bertz CT molecular complexity index is 752. The van der Waals surface area contributed by atoms with Gasteiger partial charge in [0.1, 0.15) is 19.0 Å². The van der Waals surface area contributed by atoms with Crippen molar-refractivity contribution in [2.24, 2.45) is 0 Å². The second-order valence-electron chi connectivity index (χ2n) is 5.24. The predicted octanol–water partition coefficient (Wildman–Crippen LogP) is 2.35. The van der Waals surface area contributed by atoms with E-state index in [1.54, 1.807) is 6.20 Å². The third kappa shape index (κ3) is 3.92. The first kappa shape index (κ1) is 15.2. The predicted molar refractivity (Wildman–Crippen MR) is 86.5 cm³/mol. The van der Waals surface area contributed by atoms with Crippen molar-refractivity contribution in [3.8, 4) is 0 Å². The zero-order valence-electron chi connectivity index (χ0n) is 12.8. The maximum absolute atomic E-state index is 11.9. The second-order valence-corrected chi connectivity index (χ2v) is 5.24. The van der Waals surface area contributed by atoms with Gasteiger partial charge in [0.15, 0.2) is 0 Å². The van der Waals surface area contributed by atoms with Crippen LogP contribution in [-0.4, -0.2) is 27.5 Å². The molecule has 0 aliphatic carbocycles. The first-order chi connectivity index (χ1) is 11.2. The number of rotatable bonds is 6. The van der Waals surface area contributed by atoms with Crippen LogP contribution in [0.5, 0.6) is 0 Å². The van der Waals surface area contributed by atoms with Crippen LogP contribution in [0.15, 0.2) is 48.7 Å². The summed E-state index contributed by atoms with van der Waals surface area (Å²) in [5, 5.41) is 2.85. The number of carbonyl (C=O) groups is 1. The Labute approximate surface area is 133 Å². The van der Waals surface area contributed by atoms with Gasteiger partial charge in [0.2, 0.25) is 5.91 Å². The minimum atomic E-state index is -0.181. The number of fused-ring (bicyclic) bond motifs is 1. The van der Waals surface area contributed by atoms with E-state index in [1.807, 2.05) is 49.4 Å². The van der Waals surface area contributed by atoms with Gasteiger partial charge in [-0.2, -0.15) is 0 Å². The van der Waals surface area contributed by atoms with Crippen LogP contribution in [-0.2, 0) is 16.1 Å². The Kier molecular flexibility index (Phi) is 4.63. The van der Waals surface area contributed by atoms with Gasteiger partial charge in [-0.25, -0.2) is 4.98 Å². The number of carbonyl (C=O) groups excluding carboxylic acids is 1. The molecule has 2 aromatic heterocycles. The average molecular weight is 310 g/mol. The largest absolute Gasteiger partial charge is 0.364 e. The first-order valence-corrected chi connectivity index (χ1v) is 7.44. The van der Waals surface area contributed by atoms with Crippen molar-refractivity contribution in [3.05, 3.63) is 60.2 Å². The molecule has 0 saturated carbocycles. The van der Waals surface area contributed by atoms with Gasteiger partial charge in [-0.1, -0.05) is 18.2 Å². The lowest BCUT2D eigenvalue weighted by atomic mass is 10.2. The Hall–Kier alpha value is -2.73. The van der Waals surface area contributed by atoms with E-state index in [1.165, 1.54) is 0 Å². The number of hydrogen-bond acceptors (Lipinski definition) is 4. The molecule has 0 spiro atoms. The summed E-state index contributed by atoms with van der Waals surface area (Å²) in [5.41, 5.74) is 2.66. The molecule has 1 amide bonds. The molecule has 0 aliphatic rings. The fraction of sp³-hybridized carbons (Fsp3) is 0.235. The molecule has 0 saturated heterocycles. The molecule has 1 atom stereocenters. The topological polar surface area (TPSA) is 79.9 Å². The number of para-hydroxylation sites is 2. The van der Waals surface area contributed by atoms with E-state index in [2.05, 4.69) is 20.3 Å². The molecule has 1 unspecified atom stereocenters. The fourth-order valence-corrected chi connectivity index (χ4v) is 2.30. The van der Waals surface area contributed by atoms with Crippen molar-refractivity contribution in [2.45, 2.75) is 19.6 Å². The van der Waals surface area contributed by atoms with Crippen LogP contribution in [0.25, 0.3) is 11.0 Å². The van der Waals surface area contributed by atoms with E-state index < -0.39 is 0 Å². The van der Waals surface area contributed by atoms with E-state index in [-0.39, 0.29) is 25.2 Å². The lowest BCUT2D eigenvalue weighted by Crippen LogP contribution is -2.30. The molecule has 6 nitrogen and oxygen atoms in total. The number of nitrogens with zero attached hydrogens (tertiary/aromatic N) is 2. The lowest BCUT2D eigenvalue weighted by Gasteiger charge is -2.13. The summed E-state index contributed by atoms with van der Waals surface area (Å²) < 4.78 is 5.42. The Morgan fingerprint density at radius 2 is 2.09 bits per heavy atom. The third-order valence-corrected chi connectivity index (χ3v) is 3.42. The van der Waals surface area contributed by atoms with E-state index >= 15 is 0 Å². The highest BCUT2D eigenvalue weighted by atomic mass is 16.5. The molecule has 2 heterocycles. The minimum absolute atomic E-state index is 0.0196. The van der Waals surface area contributed by atoms with E-state index in [9.17, 15) is 4.79 Å². The summed E-state index contributed by atoms with van der Waals surface area (Å²) in [6.45, 7) is 2.13. The molecule has 6 heteroatoms. The zero-order valence-corrected chi connectivity index (χ0v) is 12.8. The van der Waals surface area contributed by atoms with Crippen molar-refractivity contribution in [1.29, 1.82) is 0 Å². The lowest BCUT2D eigenvalue weighted by molar-refractivity contribution is -0.126. The van der Waals surface area contributed by atoms with Crippen LogP contribution >= 0.6 is 0 Å². The number of benzene rings is 1. The van der Waals surface area contributed by atoms with Gasteiger partial charge in [-0.3, -0.25) is 9.78 Å². The van der Waals surface area contributed by atoms with E-state index in [0.717, 1.165) is 16.7 Å². The highest BCUT2D eigenvalue weighted by molar-refractivity contribution is 5.77. The van der Waals surface area contributed by atoms with Gasteiger partial charge < -0.3 is 15.0 Å². The number of imidazole rings is 1. The van der Waals surface area contributed by atoms with Gasteiger partial charge in [-0.05, 0) is 31.2 Å². The standard InChI is InChI=1S/C17H18N4O2/c1-12(13-6-4-5-9-18-13)19-17(22)11-23-10-16-20-14-7-2-3-8-15(14)21-16/h2-9,12H,10-11H2,1H3,(H,19,22)(H,20,21). The molecule has 2 N–H and O–H groups in total. The molecule has 3 aromatic rings. The summed E-state index contributed by atoms with van der Waals surface area (Å²) in [4.78, 5) is 23.7. The first-order valence-electron chi connectivity index (χ1n) is 7.44. The van der Waals surface area contributed by atoms with E-state index in [4.69, 9.17) is 4.74 Å². The molecule has 0 fully saturated rings. The maximum atomic E-state index is 11.9. The third-order valence-electron chi connectivity index (χ3n) is 3.42. The van der Waals surface area contributed by atoms with Gasteiger partial charge in [0.05, 0.1) is 22.8 Å². The van der Waals surface area contributed by atoms with Gasteiger partial charge in [-0.15, -0.1) is 0 Å². The second kappa shape index (κ2) is 7.02. The van der Waals surface area contributed by atoms with Crippen LogP contribution in [0.1, 0.15) is 24.5 Å². The van der Waals surface area contributed by atoms with E-state index in [0.29, 0.717) is 5.82 Å². The van der Waals surface area contributed by atoms with Crippen LogP contribution < -0.4 is 5.32 Å². The van der Waals surface area contributed by atoms with Crippen LogP contribution in [0.4, 0.5) is 0 Å². The SMILES string of the molecule is CC(NC(=O)COCc1nc2ccccc2[nH]1)c1ccccn1. The van der Waals surface area contributed by atoms with Crippen LogP contribution in [0.3, 0.4) is 0 Å². The maximum Gasteiger partial charge on any atom is 0.246 e. The molecule has 23 heavy (non-hydrogen) atoms. The average Bonchev–Trinajstić information content (AvgIpc) is 2.98. The molecular weight excluding hydrogens is 292 g/mol. The molecular formula is C17H18N4O2. The summed E-state index contributed by atoms with van der Waals surface area (Å²) in [7, 11) is 0. The smallest absolute Gasteiger partial charge is 0.246 e. The number of hydrogen-bond donors (Lipinski definition) is 2. The number of aromatic nitrogens is 3. The Morgan fingerprint density at radius 3 is 2.87 bits per heavy atom. The fourth-order valence-electron chi connectivity index (χ4n) is 2.30. The molecule has 0 aliphatic heterocycles. The van der Waals surface area contributed by atoms with Gasteiger partial charge >= 0.3 is 0 Å². The molecule has 0 radical (unpaired) electrons. The normalized spacial score (nSPS) is 12.2. The van der Waals surface area contributed by atoms with Crippen LogP contribution in [0, 0.1) is 0 Å². The molecule has 118 valence electrons. The Balaban J connectivity index is 1.47. The number of H-pyrrole nitrogens is 1. The molecule has 0 bridgehead atoms. The van der Waals surface area contributed by atoms with Crippen molar-refractivity contribution in [2.75, 3.05) is 6.61 Å². The summed E-state index contributed by atoms with van der Waals surface area (Å²) >= 11 is 0. The number of aromatic amines is 1. The summed E-state index contributed by atoms with van der Waals surface area (Å²) in [5.74, 6) is 0.524. The minimum Gasteiger partial charge on any atom is -0.364 e. The highest BCUT2D eigenvalue weighted by Gasteiger charge is 2.10.